The third-order valence-electron chi connectivity index (χ3n) is 3.19. The molecule has 0 radical (unpaired) electrons. The summed E-state index contributed by atoms with van der Waals surface area (Å²) in [5.74, 6) is -0.147. The number of nitrogens with one attached hydrogen (secondary N) is 1. The van der Waals surface area contributed by atoms with Crippen LogP contribution in [-0.2, 0) is 4.79 Å². The van der Waals surface area contributed by atoms with Crippen LogP contribution in [0.2, 0.25) is 0 Å². The molecule has 2 aromatic carbocycles. The molecule has 0 aliphatic carbocycles. The van der Waals surface area contributed by atoms with Gasteiger partial charge >= 0.3 is 0 Å². The van der Waals surface area contributed by atoms with E-state index in [0.29, 0.717) is 10.9 Å². The zero-order valence-electron chi connectivity index (χ0n) is 11.5. The highest BCUT2D eigenvalue weighted by molar-refractivity contribution is 8.13. The van der Waals surface area contributed by atoms with E-state index >= 15 is 0 Å². The van der Waals surface area contributed by atoms with Gasteiger partial charge in [0.2, 0.25) is 0 Å². The molecular weight excluding hydrogens is 280 g/mol. The zero-order valence-corrected chi connectivity index (χ0v) is 12.4. The lowest BCUT2D eigenvalue weighted by molar-refractivity contribution is -0.115. The van der Waals surface area contributed by atoms with E-state index in [-0.39, 0.29) is 5.91 Å². The number of thioether (sulfide) groups is 1. The first-order chi connectivity index (χ1) is 10.3. The van der Waals surface area contributed by atoms with E-state index in [2.05, 4.69) is 22.4 Å². The minimum atomic E-state index is -0.147. The van der Waals surface area contributed by atoms with Crippen molar-refractivity contribution in [1.82, 2.24) is 5.32 Å². The van der Waals surface area contributed by atoms with Crippen LogP contribution in [0.1, 0.15) is 5.56 Å². The Morgan fingerprint density at radius 2 is 1.67 bits per heavy atom. The van der Waals surface area contributed by atoms with Gasteiger partial charge in [-0.2, -0.15) is 0 Å². The normalized spacial score (nSPS) is 16.0. The molecule has 3 rings (SSSR count). The Hall–Kier alpha value is -2.33. The smallest absolute Gasteiger partial charge is 0.275 e. The summed E-state index contributed by atoms with van der Waals surface area (Å²) in [4.78, 5) is 16.0. The molecule has 4 heteroatoms. The van der Waals surface area contributed by atoms with Crippen LogP contribution >= 0.6 is 11.8 Å². The van der Waals surface area contributed by atoms with Gasteiger partial charge in [-0.1, -0.05) is 66.4 Å². The number of benzene rings is 2. The minimum Gasteiger partial charge on any atom is -0.300 e. The molecule has 0 fully saturated rings. The summed E-state index contributed by atoms with van der Waals surface area (Å²) in [7, 11) is 0. The monoisotopic (exact) mass is 294 g/mol. The average molecular weight is 294 g/mol. The Morgan fingerprint density at radius 3 is 2.29 bits per heavy atom. The number of amides is 1. The van der Waals surface area contributed by atoms with Gasteiger partial charge in [-0.05, 0) is 29.0 Å². The van der Waals surface area contributed by atoms with Crippen LogP contribution in [-0.4, -0.2) is 17.3 Å². The lowest BCUT2D eigenvalue weighted by Crippen LogP contribution is -2.21. The average Bonchev–Trinajstić information content (AvgIpc) is 2.89. The quantitative estimate of drug-likeness (QED) is 0.861. The SMILES string of the molecule is CSC1=N/C(=C\c2ccc(-c3ccccc3)cc2)C(=O)N1. The molecule has 0 aromatic heterocycles. The predicted octanol–water partition coefficient (Wildman–Crippen LogP) is 3.54. The van der Waals surface area contributed by atoms with Gasteiger partial charge in [0.05, 0.1) is 0 Å². The van der Waals surface area contributed by atoms with Crippen LogP contribution in [0, 0.1) is 0 Å². The Kier molecular flexibility index (Phi) is 3.88. The van der Waals surface area contributed by atoms with Crippen LogP contribution < -0.4 is 5.32 Å². The molecule has 0 spiro atoms. The summed E-state index contributed by atoms with van der Waals surface area (Å²) < 4.78 is 0. The Bertz CT molecular complexity index is 718. The van der Waals surface area contributed by atoms with Crippen LogP contribution in [0.3, 0.4) is 0 Å². The molecule has 0 unspecified atom stereocenters. The van der Waals surface area contributed by atoms with Crippen molar-refractivity contribution >= 4 is 28.9 Å². The highest BCUT2D eigenvalue weighted by Gasteiger charge is 2.18. The number of carbonyl (C=O) groups is 1. The van der Waals surface area contributed by atoms with E-state index in [1.165, 1.54) is 17.3 Å². The fourth-order valence-corrected chi connectivity index (χ4v) is 2.49. The molecule has 0 saturated heterocycles. The van der Waals surface area contributed by atoms with Gasteiger partial charge in [-0.15, -0.1) is 0 Å². The number of aliphatic imine (C=N–C) groups is 1. The molecule has 1 aliphatic rings. The van der Waals surface area contributed by atoms with Crippen molar-refractivity contribution in [1.29, 1.82) is 0 Å². The third-order valence-corrected chi connectivity index (χ3v) is 3.77. The van der Waals surface area contributed by atoms with Crippen LogP contribution in [0.4, 0.5) is 0 Å². The van der Waals surface area contributed by atoms with E-state index in [1.807, 2.05) is 48.7 Å². The maximum atomic E-state index is 11.7. The summed E-state index contributed by atoms with van der Waals surface area (Å²) in [6.07, 6.45) is 3.68. The molecule has 104 valence electrons. The van der Waals surface area contributed by atoms with E-state index in [0.717, 1.165) is 11.1 Å². The number of amidine groups is 1. The molecule has 1 amide bonds. The molecule has 0 bridgehead atoms. The molecule has 3 nitrogen and oxygen atoms in total. The number of nitrogens with zero attached hydrogens (tertiary/aromatic N) is 1. The minimum absolute atomic E-state index is 0.147. The summed E-state index contributed by atoms with van der Waals surface area (Å²) in [5, 5.41) is 3.36. The van der Waals surface area contributed by atoms with Crippen molar-refractivity contribution in [3.05, 3.63) is 65.9 Å². The highest BCUT2D eigenvalue weighted by atomic mass is 32.2. The molecule has 1 N–H and O–H groups in total. The van der Waals surface area contributed by atoms with Crippen LogP contribution in [0.5, 0.6) is 0 Å². The van der Waals surface area contributed by atoms with Crippen molar-refractivity contribution in [3.8, 4) is 11.1 Å². The van der Waals surface area contributed by atoms with E-state index in [1.54, 1.807) is 6.08 Å². The molecule has 21 heavy (non-hydrogen) atoms. The van der Waals surface area contributed by atoms with Crippen LogP contribution in [0.25, 0.3) is 17.2 Å². The van der Waals surface area contributed by atoms with Crippen LogP contribution in [0.15, 0.2) is 65.3 Å². The van der Waals surface area contributed by atoms with Crippen molar-refractivity contribution in [2.45, 2.75) is 0 Å². The molecule has 0 atom stereocenters. The van der Waals surface area contributed by atoms with Gasteiger partial charge in [-0.3, -0.25) is 10.1 Å². The second-order valence-electron chi connectivity index (χ2n) is 4.59. The second kappa shape index (κ2) is 5.97. The summed E-state index contributed by atoms with van der Waals surface area (Å²) in [6.45, 7) is 0. The molecule has 1 aliphatic heterocycles. The fraction of sp³-hybridized carbons (Fsp3) is 0.0588. The maximum absolute atomic E-state index is 11.7. The van der Waals surface area contributed by atoms with Gasteiger partial charge < -0.3 is 0 Å². The summed E-state index contributed by atoms with van der Waals surface area (Å²) in [6, 6.07) is 18.3. The second-order valence-corrected chi connectivity index (χ2v) is 5.39. The number of rotatable bonds is 2. The highest BCUT2D eigenvalue weighted by Crippen LogP contribution is 2.21. The molecular formula is C17H14N2OS. The standard InChI is InChI=1S/C17H14N2OS/c1-21-17-18-15(16(20)19-17)11-12-7-9-14(10-8-12)13-5-3-2-4-6-13/h2-11H,1H3,(H,18,19,20)/b15-11-. The zero-order chi connectivity index (χ0) is 14.7. The van der Waals surface area contributed by atoms with Crippen molar-refractivity contribution in [3.63, 3.8) is 0 Å². The van der Waals surface area contributed by atoms with E-state index in [4.69, 9.17) is 0 Å². The molecule has 1 heterocycles. The predicted molar refractivity (Wildman–Crippen MR) is 88.9 cm³/mol. The Morgan fingerprint density at radius 1 is 1.00 bits per heavy atom. The van der Waals surface area contributed by atoms with E-state index < -0.39 is 0 Å². The van der Waals surface area contributed by atoms with Gasteiger partial charge in [0.15, 0.2) is 5.17 Å². The topological polar surface area (TPSA) is 41.5 Å². The Balaban J connectivity index is 1.85. The number of carbonyl (C=O) groups excluding carboxylic acids is 1. The first-order valence-electron chi connectivity index (χ1n) is 6.57. The molecule has 0 saturated carbocycles. The van der Waals surface area contributed by atoms with E-state index in [9.17, 15) is 4.79 Å². The first kappa shape index (κ1) is 13.6. The molecule has 2 aromatic rings. The van der Waals surface area contributed by atoms with Gasteiger partial charge in [0, 0.05) is 0 Å². The fourth-order valence-electron chi connectivity index (χ4n) is 2.10. The lowest BCUT2D eigenvalue weighted by Gasteiger charge is -2.02. The first-order valence-corrected chi connectivity index (χ1v) is 7.80. The lowest BCUT2D eigenvalue weighted by atomic mass is 10.0. The number of hydrogen-bond donors (Lipinski definition) is 1. The third kappa shape index (κ3) is 3.06. The van der Waals surface area contributed by atoms with Crippen molar-refractivity contribution in [2.24, 2.45) is 4.99 Å². The van der Waals surface area contributed by atoms with Crippen molar-refractivity contribution in [2.75, 3.05) is 6.26 Å². The van der Waals surface area contributed by atoms with Gasteiger partial charge in [0.1, 0.15) is 5.70 Å². The number of hydrogen-bond acceptors (Lipinski definition) is 3. The Labute approximate surface area is 127 Å². The largest absolute Gasteiger partial charge is 0.300 e. The van der Waals surface area contributed by atoms with Gasteiger partial charge in [-0.25, -0.2) is 4.99 Å². The summed E-state index contributed by atoms with van der Waals surface area (Å²) in [5.41, 5.74) is 3.75. The summed E-state index contributed by atoms with van der Waals surface area (Å²) >= 11 is 1.43. The van der Waals surface area contributed by atoms with Crippen molar-refractivity contribution < 1.29 is 4.79 Å². The maximum Gasteiger partial charge on any atom is 0.275 e. The van der Waals surface area contributed by atoms with Gasteiger partial charge in [0.25, 0.3) is 5.91 Å².